The first-order chi connectivity index (χ1) is 20.9. The Morgan fingerprint density at radius 3 is 2.33 bits per heavy atom. The van der Waals surface area contributed by atoms with Crippen LogP contribution in [0.5, 0.6) is 5.75 Å². The molecule has 2 aliphatic rings. The van der Waals surface area contributed by atoms with Crippen LogP contribution in [-0.2, 0) is 0 Å². The Balaban J connectivity index is 1.12. The standard InChI is InChI=1S/C30H32F2N8O3/c1-20-18-22(4-7-24(20)28(41)37-14-16-39(17-15-37)30(42)38-11-8-33-9-12-38)36-26-27-35-19-25(40(27)13-10-34-26)21-2-5-23(6-3-21)43-29(31)32/h2-7,10,13,18-19,29,33H,8-9,11-12,14-17H2,1H3,(H,34,36). The number of urea groups is 1. The highest BCUT2D eigenvalue weighted by atomic mass is 19.3. The highest BCUT2D eigenvalue weighted by molar-refractivity contribution is 5.96. The minimum Gasteiger partial charge on any atom is -0.435 e. The van der Waals surface area contributed by atoms with Gasteiger partial charge in [-0.25, -0.2) is 14.8 Å². The van der Waals surface area contributed by atoms with E-state index < -0.39 is 6.61 Å². The third-order valence-corrected chi connectivity index (χ3v) is 7.75. The van der Waals surface area contributed by atoms with E-state index in [0.717, 1.165) is 35.6 Å². The molecule has 2 aliphatic heterocycles. The number of carbonyl (C=O) groups excluding carboxylic acids is 2. The number of amides is 3. The summed E-state index contributed by atoms with van der Waals surface area (Å²) < 4.78 is 31.3. The minimum atomic E-state index is -2.88. The van der Waals surface area contributed by atoms with Gasteiger partial charge in [0.1, 0.15) is 5.75 Å². The van der Waals surface area contributed by atoms with Gasteiger partial charge >= 0.3 is 12.6 Å². The quantitative estimate of drug-likeness (QED) is 0.352. The lowest BCUT2D eigenvalue weighted by molar-refractivity contribution is -0.0498. The SMILES string of the molecule is Cc1cc(Nc2nccn3c(-c4ccc(OC(F)F)cc4)cnc23)ccc1C(=O)N1CCN(C(=O)N2CCNCC2)CC1. The van der Waals surface area contributed by atoms with Crippen LogP contribution in [0.1, 0.15) is 15.9 Å². The highest BCUT2D eigenvalue weighted by Gasteiger charge is 2.28. The van der Waals surface area contributed by atoms with Crippen LogP contribution < -0.4 is 15.4 Å². The lowest BCUT2D eigenvalue weighted by Gasteiger charge is -2.38. The number of imidazole rings is 1. The summed E-state index contributed by atoms with van der Waals surface area (Å²) in [5.41, 5.74) is 4.29. The number of nitrogens with zero attached hydrogens (tertiary/aromatic N) is 6. The predicted molar refractivity (Wildman–Crippen MR) is 157 cm³/mol. The van der Waals surface area contributed by atoms with Crippen LogP contribution in [0.25, 0.3) is 16.9 Å². The molecular formula is C30H32F2N8O3. The second kappa shape index (κ2) is 12.2. The maximum Gasteiger partial charge on any atom is 0.387 e. The Labute approximate surface area is 247 Å². The maximum absolute atomic E-state index is 13.4. The molecule has 2 N–H and O–H groups in total. The maximum atomic E-state index is 13.4. The van der Waals surface area contributed by atoms with Gasteiger partial charge < -0.3 is 30.1 Å². The average molecular weight is 591 g/mol. The van der Waals surface area contributed by atoms with Gasteiger partial charge in [-0.15, -0.1) is 0 Å². The lowest BCUT2D eigenvalue weighted by atomic mass is 10.1. The van der Waals surface area contributed by atoms with Crippen LogP contribution in [0.4, 0.5) is 25.1 Å². The number of carbonyl (C=O) groups is 2. The number of hydrogen-bond donors (Lipinski definition) is 2. The van der Waals surface area contributed by atoms with Crippen LogP contribution in [0, 0.1) is 6.92 Å². The fourth-order valence-electron chi connectivity index (χ4n) is 5.47. The smallest absolute Gasteiger partial charge is 0.387 e. The topological polar surface area (TPSA) is 107 Å². The fraction of sp³-hybridized carbons (Fsp3) is 0.333. The Morgan fingerprint density at radius 2 is 1.63 bits per heavy atom. The van der Waals surface area contributed by atoms with Crippen LogP contribution >= 0.6 is 0 Å². The van der Waals surface area contributed by atoms with Gasteiger partial charge in [0.25, 0.3) is 5.91 Å². The van der Waals surface area contributed by atoms with Crippen molar-refractivity contribution in [1.82, 2.24) is 34.4 Å². The number of aromatic nitrogens is 3. The van der Waals surface area contributed by atoms with Crippen molar-refractivity contribution in [1.29, 1.82) is 0 Å². The zero-order chi connectivity index (χ0) is 29.9. The van der Waals surface area contributed by atoms with Crippen molar-refractivity contribution >= 4 is 29.1 Å². The van der Waals surface area contributed by atoms with Crippen molar-refractivity contribution < 1.29 is 23.1 Å². The molecule has 2 fully saturated rings. The van der Waals surface area contributed by atoms with E-state index in [1.54, 1.807) is 41.7 Å². The number of rotatable bonds is 6. The summed E-state index contributed by atoms with van der Waals surface area (Å²) in [5, 5.41) is 6.56. The Kier molecular flexibility index (Phi) is 8.05. The molecule has 2 saturated heterocycles. The van der Waals surface area contributed by atoms with Crippen molar-refractivity contribution in [3.05, 3.63) is 72.2 Å². The number of halogens is 2. The van der Waals surface area contributed by atoms with Crippen molar-refractivity contribution in [3.8, 4) is 17.0 Å². The third-order valence-electron chi connectivity index (χ3n) is 7.75. The van der Waals surface area contributed by atoms with E-state index in [1.165, 1.54) is 12.1 Å². The van der Waals surface area contributed by atoms with Crippen molar-refractivity contribution in [2.75, 3.05) is 57.7 Å². The Bertz CT molecular complexity index is 1610. The zero-order valence-corrected chi connectivity index (χ0v) is 23.7. The number of hydrogen-bond acceptors (Lipinski definition) is 7. The molecule has 4 aromatic rings. The predicted octanol–water partition coefficient (Wildman–Crippen LogP) is 3.83. The van der Waals surface area contributed by atoms with Crippen LogP contribution in [0.2, 0.25) is 0 Å². The lowest BCUT2D eigenvalue weighted by Crippen LogP contribution is -2.57. The molecule has 0 radical (unpaired) electrons. The van der Waals surface area contributed by atoms with Gasteiger partial charge in [0.05, 0.1) is 11.9 Å². The van der Waals surface area contributed by atoms with Crippen molar-refractivity contribution in [2.24, 2.45) is 0 Å². The van der Waals surface area contributed by atoms with Crippen LogP contribution in [0.15, 0.2) is 61.1 Å². The van der Waals surface area contributed by atoms with Gasteiger partial charge in [-0.3, -0.25) is 9.20 Å². The number of aryl methyl sites for hydroxylation is 1. The second-order valence-electron chi connectivity index (χ2n) is 10.5. The summed E-state index contributed by atoms with van der Waals surface area (Å²) in [6, 6.07) is 11.9. The molecule has 224 valence electrons. The zero-order valence-electron chi connectivity index (χ0n) is 23.7. The molecule has 13 heteroatoms. The molecule has 0 atom stereocenters. The highest BCUT2D eigenvalue weighted by Crippen LogP contribution is 2.28. The second-order valence-corrected chi connectivity index (χ2v) is 10.5. The van der Waals surface area contributed by atoms with Crippen molar-refractivity contribution in [2.45, 2.75) is 13.5 Å². The van der Waals surface area contributed by atoms with Crippen LogP contribution in [0.3, 0.4) is 0 Å². The van der Waals surface area contributed by atoms with Crippen LogP contribution in [-0.4, -0.2) is 100.0 Å². The summed E-state index contributed by atoms with van der Waals surface area (Å²) >= 11 is 0. The normalized spacial score (nSPS) is 15.7. The van der Waals surface area contributed by atoms with Crippen molar-refractivity contribution in [3.63, 3.8) is 0 Å². The molecule has 0 spiro atoms. The number of anilines is 2. The van der Waals surface area contributed by atoms with E-state index in [2.05, 4.69) is 25.3 Å². The number of benzene rings is 2. The number of ether oxygens (including phenoxy) is 1. The number of piperazine rings is 2. The van der Waals surface area contributed by atoms with Gasteiger partial charge in [-0.05, 0) is 55.0 Å². The molecule has 2 aromatic carbocycles. The molecule has 11 nitrogen and oxygen atoms in total. The fourth-order valence-corrected chi connectivity index (χ4v) is 5.47. The molecule has 43 heavy (non-hydrogen) atoms. The van der Waals surface area contributed by atoms with E-state index in [0.29, 0.717) is 56.3 Å². The molecule has 6 rings (SSSR count). The first kappa shape index (κ1) is 28.3. The van der Waals surface area contributed by atoms with Gasteiger partial charge in [-0.1, -0.05) is 0 Å². The molecule has 0 unspecified atom stereocenters. The van der Waals surface area contributed by atoms with Gasteiger partial charge in [0.15, 0.2) is 11.5 Å². The number of nitrogens with one attached hydrogen (secondary N) is 2. The monoisotopic (exact) mass is 590 g/mol. The summed E-state index contributed by atoms with van der Waals surface area (Å²) in [4.78, 5) is 40.7. The summed E-state index contributed by atoms with van der Waals surface area (Å²) in [7, 11) is 0. The summed E-state index contributed by atoms with van der Waals surface area (Å²) in [5.74, 6) is 0.550. The van der Waals surface area contributed by atoms with E-state index in [1.807, 2.05) is 33.3 Å². The Morgan fingerprint density at radius 1 is 0.930 bits per heavy atom. The molecule has 2 aromatic heterocycles. The van der Waals surface area contributed by atoms with E-state index in [-0.39, 0.29) is 17.7 Å². The molecule has 0 bridgehead atoms. The number of fused-ring (bicyclic) bond motifs is 1. The first-order valence-corrected chi connectivity index (χ1v) is 14.2. The molecule has 0 saturated carbocycles. The molecular weight excluding hydrogens is 558 g/mol. The number of alkyl halides is 2. The van der Waals surface area contributed by atoms with E-state index in [4.69, 9.17) is 0 Å². The Hall–Kier alpha value is -4.78. The van der Waals surface area contributed by atoms with E-state index in [9.17, 15) is 18.4 Å². The molecule has 4 heterocycles. The van der Waals surface area contributed by atoms with Gasteiger partial charge in [0.2, 0.25) is 0 Å². The summed E-state index contributed by atoms with van der Waals surface area (Å²) in [6.45, 7) is 4.06. The van der Waals surface area contributed by atoms with Gasteiger partial charge in [0, 0.05) is 81.6 Å². The van der Waals surface area contributed by atoms with E-state index >= 15 is 0 Å². The molecule has 0 aliphatic carbocycles. The molecule has 3 amide bonds. The van der Waals surface area contributed by atoms with Gasteiger partial charge in [-0.2, -0.15) is 8.78 Å². The third kappa shape index (κ3) is 6.07. The average Bonchev–Trinajstić information content (AvgIpc) is 3.46. The first-order valence-electron chi connectivity index (χ1n) is 14.2. The minimum absolute atomic E-state index is 0.0470. The largest absolute Gasteiger partial charge is 0.435 e. The summed E-state index contributed by atoms with van der Waals surface area (Å²) in [6.07, 6.45) is 5.11.